The third-order valence-electron chi connectivity index (χ3n) is 3.71. The molecule has 0 aliphatic heterocycles. The number of hydrogen-bond donors (Lipinski definition) is 1. The van der Waals surface area contributed by atoms with Crippen molar-refractivity contribution < 1.29 is 14.3 Å². The predicted molar refractivity (Wildman–Crippen MR) is 89.0 cm³/mol. The minimum Gasteiger partial charge on any atom is -0.467 e. The van der Waals surface area contributed by atoms with Gasteiger partial charge in [0.05, 0.1) is 13.5 Å². The fourth-order valence-electron chi connectivity index (χ4n) is 2.42. The summed E-state index contributed by atoms with van der Waals surface area (Å²) in [6.45, 7) is 1.98. The minimum atomic E-state index is -0.683. The summed E-state index contributed by atoms with van der Waals surface area (Å²) >= 11 is 0. The second-order valence-corrected chi connectivity index (χ2v) is 5.44. The number of ether oxygens (including phenoxy) is 1. The van der Waals surface area contributed by atoms with Crippen molar-refractivity contribution >= 4 is 11.9 Å². The molecule has 0 bridgehead atoms. The van der Waals surface area contributed by atoms with Crippen molar-refractivity contribution in [2.24, 2.45) is 0 Å². The Hall–Kier alpha value is -2.62. The first-order chi connectivity index (χ1) is 11.1. The summed E-state index contributed by atoms with van der Waals surface area (Å²) in [6.07, 6.45) is 0.655. The van der Waals surface area contributed by atoms with E-state index in [0.717, 1.165) is 16.7 Å². The van der Waals surface area contributed by atoms with Gasteiger partial charge in [0.15, 0.2) is 0 Å². The van der Waals surface area contributed by atoms with Crippen LogP contribution < -0.4 is 5.32 Å². The third kappa shape index (κ3) is 4.95. The molecule has 4 nitrogen and oxygen atoms in total. The van der Waals surface area contributed by atoms with Crippen LogP contribution in [0.25, 0.3) is 0 Å². The first kappa shape index (κ1) is 16.7. The van der Waals surface area contributed by atoms with E-state index in [1.807, 2.05) is 61.5 Å². The summed E-state index contributed by atoms with van der Waals surface area (Å²) < 4.78 is 4.82. The van der Waals surface area contributed by atoms with Crippen LogP contribution in [-0.2, 0) is 27.2 Å². The van der Waals surface area contributed by atoms with Crippen molar-refractivity contribution in [2.75, 3.05) is 7.11 Å². The Morgan fingerprint density at radius 1 is 1.04 bits per heavy atom. The molecule has 23 heavy (non-hydrogen) atoms. The molecule has 0 aliphatic rings. The van der Waals surface area contributed by atoms with Crippen molar-refractivity contribution in [1.29, 1.82) is 0 Å². The molecule has 0 radical (unpaired) electrons. The Morgan fingerprint density at radius 3 is 2.35 bits per heavy atom. The van der Waals surface area contributed by atoms with Crippen molar-refractivity contribution in [2.45, 2.75) is 25.8 Å². The average Bonchev–Trinajstić information content (AvgIpc) is 2.56. The smallest absolute Gasteiger partial charge is 0.328 e. The summed E-state index contributed by atoms with van der Waals surface area (Å²) in [7, 11) is 1.33. The highest BCUT2D eigenvalue weighted by atomic mass is 16.5. The molecular weight excluding hydrogens is 290 g/mol. The molecule has 4 heteroatoms. The lowest BCUT2D eigenvalue weighted by atomic mass is 10.0. The minimum absolute atomic E-state index is 0.194. The average molecular weight is 311 g/mol. The van der Waals surface area contributed by atoms with Crippen LogP contribution in [0.4, 0.5) is 0 Å². The van der Waals surface area contributed by atoms with Gasteiger partial charge in [0.2, 0.25) is 5.91 Å². The molecule has 0 aliphatic carbocycles. The topological polar surface area (TPSA) is 55.4 Å². The molecule has 2 aromatic carbocycles. The highest BCUT2D eigenvalue weighted by Gasteiger charge is 2.22. The predicted octanol–water partition coefficient (Wildman–Crippen LogP) is 2.44. The van der Waals surface area contributed by atoms with Gasteiger partial charge in [0, 0.05) is 6.42 Å². The lowest BCUT2D eigenvalue weighted by Gasteiger charge is -2.17. The first-order valence-electron chi connectivity index (χ1n) is 7.55. The Bertz CT molecular complexity index is 667. The molecular formula is C19H21NO3. The van der Waals surface area contributed by atoms with Crippen LogP contribution in [-0.4, -0.2) is 25.0 Å². The number of rotatable bonds is 6. The van der Waals surface area contributed by atoms with Gasteiger partial charge in [-0.15, -0.1) is 0 Å². The van der Waals surface area contributed by atoms with Gasteiger partial charge in [-0.25, -0.2) is 4.79 Å². The van der Waals surface area contributed by atoms with Crippen LogP contribution in [0.15, 0.2) is 54.6 Å². The molecule has 0 saturated carbocycles. The van der Waals surface area contributed by atoms with E-state index in [4.69, 9.17) is 4.74 Å². The molecule has 0 spiro atoms. The Morgan fingerprint density at radius 2 is 1.70 bits per heavy atom. The van der Waals surface area contributed by atoms with Gasteiger partial charge in [-0.2, -0.15) is 0 Å². The molecule has 2 rings (SSSR count). The van der Waals surface area contributed by atoms with Crippen LogP contribution in [0.2, 0.25) is 0 Å². The van der Waals surface area contributed by atoms with Crippen LogP contribution in [0.5, 0.6) is 0 Å². The number of nitrogens with one attached hydrogen (secondary N) is 1. The number of aryl methyl sites for hydroxylation is 1. The van der Waals surface area contributed by atoms with Crippen molar-refractivity contribution in [3.8, 4) is 0 Å². The number of hydrogen-bond acceptors (Lipinski definition) is 3. The van der Waals surface area contributed by atoms with Crippen LogP contribution in [0, 0.1) is 6.92 Å². The second-order valence-electron chi connectivity index (χ2n) is 5.44. The van der Waals surface area contributed by atoms with E-state index in [9.17, 15) is 9.59 Å². The fourth-order valence-corrected chi connectivity index (χ4v) is 2.42. The summed E-state index contributed by atoms with van der Waals surface area (Å²) in [6, 6.07) is 16.5. The largest absolute Gasteiger partial charge is 0.467 e. The van der Waals surface area contributed by atoms with Crippen LogP contribution >= 0.6 is 0 Å². The van der Waals surface area contributed by atoms with E-state index >= 15 is 0 Å². The summed E-state index contributed by atoms with van der Waals surface area (Å²) in [4.78, 5) is 24.2. The molecule has 1 atom stereocenters. The van der Waals surface area contributed by atoms with E-state index in [0.29, 0.717) is 6.42 Å². The highest BCUT2D eigenvalue weighted by molar-refractivity contribution is 5.85. The van der Waals surface area contributed by atoms with E-state index < -0.39 is 12.0 Å². The molecule has 0 fully saturated rings. The standard InChI is InChI=1S/C19H21NO3/c1-14-8-6-7-11-16(14)13-17(19(22)23-2)20-18(21)12-15-9-4-3-5-10-15/h3-11,17H,12-13H2,1-2H3,(H,20,21)/t17-/m1/s1. The normalized spacial score (nSPS) is 11.6. The maximum absolute atomic E-state index is 12.2. The zero-order valence-corrected chi connectivity index (χ0v) is 13.4. The third-order valence-corrected chi connectivity index (χ3v) is 3.71. The fraction of sp³-hybridized carbons (Fsp3) is 0.263. The SMILES string of the molecule is COC(=O)[C@@H](Cc1ccccc1C)NC(=O)Cc1ccccc1. The van der Waals surface area contributed by atoms with E-state index in [1.165, 1.54) is 7.11 Å². The van der Waals surface area contributed by atoms with Crippen molar-refractivity contribution in [3.63, 3.8) is 0 Å². The van der Waals surface area contributed by atoms with Gasteiger partial charge in [-0.1, -0.05) is 54.6 Å². The number of methoxy groups -OCH3 is 1. The number of esters is 1. The van der Waals surface area contributed by atoms with Gasteiger partial charge in [-0.05, 0) is 23.6 Å². The van der Waals surface area contributed by atoms with Crippen LogP contribution in [0.3, 0.4) is 0 Å². The summed E-state index contributed by atoms with van der Waals surface area (Å²) in [5.41, 5.74) is 3.01. The molecule has 0 saturated heterocycles. The second kappa shape index (κ2) is 8.13. The zero-order valence-electron chi connectivity index (χ0n) is 13.4. The van der Waals surface area contributed by atoms with E-state index in [1.54, 1.807) is 0 Å². The quantitative estimate of drug-likeness (QED) is 0.834. The Kier molecular flexibility index (Phi) is 5.92. The molecule has 1 amide bonds. The van der Waals surface area contributed by atoms with E-state index in [2.05, 4.69) is 5.32 Å². The lowest BCUT2D eigenvalue weighted by Crippen LogP contribution is -2.43. The molecule has 2 aromatic rings. The van der Waals surface area contributed by atoms with Gasteiger partial charge >= 0.3 is 5.97 Å². The first-order valence-corrected chi connectivity index (χ1v) is 7.55. The maximum Gasteiger partial charge on any atom is 0.328 e. The Labute approximate surface area is 136 Å². The van der Waals surface area contributed by atoms with Crippen molar-refractivity contribution in [3.05, 3.63) is 71.3 Å². The molecule has 120 valence electrons. The lowest BCUT2D eigenvalue weighted by molar-refractivity contribution is -0.145. The van der Waals surface area contributed by atoms with Gasteiger partial charge in [0.25, 0.3) is 0 Å². The Balaban J connectivity index is 2.05. The zero-order chi connectivity index (χ0) is 16.7. The molecule has 0 aromatic heterocycles. The molecule has 0 unspecified atom stereocenters. The molecule has 0 heterocycles. The van der Waals surface area contributed by atoms with Crippen molar-refractivity contribution in [1.82, 2.24) is 5.32 Å². The number of carbonyl (C=O) groups is 2. The van der Waals surface area contributed by atoms with Gasteiger partial charge in [0.1, 0.15) is 6.04 Å². The number of amides is 1. The number of carbonyl (C=O) groups excluding carboxylic acids is 2. The maximum atomic E-state index is 12.2. The highest BCUT2D eigenvalue weighted by Crippen LogP contribution is 2.11. The molecule has 1 N–H and O–H groups in total. The van der Waals surface area contributed by atoms with E-state index in [-0.39, 0.29) is 12.3 Å². The van der Waals surface area contributed by atoms with Crippen LogP contribution in [0.1, 0.15) is 16.7 Å². The van der Waals surface area contributed by atoms with Gasteiger partial charge < -0.3 is 10.1 Å². The summed E-state index contributed by atoms with van der Waals surface area (Å²) in [5.74, 6) is -0.630. The monoisotopic (exact) mass is 311 g/mol. The number of benzene rings is 2. The van der Waals surface area contributed by atoms with Gasteiger partial charge in [-0.3, -0.25) is 4.79 Å². The summed E-state index contributed by atoms with van der Waals surface area (Å²) in [5, 5.41) is 2.78.